The van der Waals surface area contributed by atoms with Crippen LogP contribution in [0.15, 0.2) is 168 Å². The monoisotopic (exact) mass is 1420 g/mol. The Balaban J connectivity index is 0.000000133. The summed E-state index contributed by atoms with van der Waals surface area (Å²) in [6, 6.07) is 55.5. The van der Waals surface area contributed by atoms with Crippen LogP contribution < -0.4 is 29.3 Å². The molecule has 15 rings (SSSR count). The molecule has 16 heteroatoms. The van der Waals surface area contributed by atoms with Crippen molar-refractivity contribution in [1.82, 2.24) is 0 Å². The molecular formula is C85H90BrN3O12. The van der Waals surface area contributed by atoms with Gasteiger partial charge in [0.15, 0.2) is 17.3 Å². The van der Waals surface area contributed by atoms with Crippen molar-refractivity contribution in [2.45, 2.75) is 92.4 Å². The number of Topliss-reactive ketones (excluding diaryl/α,β-unsaturated/α-hetero) is 3. The highest BCUT2D eigenvalue weighted by atomic mass is 79.9. The van der Waals surface area contributed by atoms with E-state index in [0.29, 0.717) is 78.3 Å². The van der Waals surface area contributed by atoms with Crippen LogP contribution in [0.3, 0.4) is 0 Å². The van der Waals surface area contributed by atoms with Crippen molar-refractivity contribution in [1.29, 1.82) is 0 Å². The van der Waals surface area contributed by atoms with E-state index < -0.39 is 17.8 Å². The SMILES string of the molecule is CCOC(=O)C1CC1C(=O)c1ccc(Br)cc1OC.CCOC(=O)C1CC1C(=O)c1ccc(N(CC2CC2)c2ccc(C)c3ccccc23)cc1OC.COc1cc(N(CC2CC2)c2ccc(C)c3ccccc23)ccc1C(=O)C1CC1C(=O)O.Cc1ccc(NCC2CC2)c2ccccc12. The number of carboxylic acid groups (broad SMARTS) is 1. The molecule has 0 heterocycles. The molecular weight excluding hydrogens is 1330 g/mol. The molecule has 6 fully saturated rings. The number of anilines is 5. The zero-order valence-electron chi connectivity index (χ0n) is 58.9. The Hall–Kier alpha value is -9.54. The molecule has 0 saturated heterocycles. The number of hydrogen-bond donors (Lipinski definition) is 2. The van der Waals surface area contributed by atoms with Crippen LogP contribution in [0.25, 0.3) is 32.3 Å². The number of halogens is 1. The average molecular weight is 1430 g/mol. The summed E-state index contributed by atoms with van der Waals surface area (Å²) >= 11 is 3.33. The van der Waals surface area contributed by atoms with E-state index in [1.807, 2.05) is 30.3 Å². The number of esters is 2. The Labute approximate surface area is 600 Å². The van der Waals surface area contributed by atoms with Crippen molar-refractivity contribution in [2.24, 2.45) is 53.3 Å². The number of ketones is 3. The third kappa shape index (κ3) is 16.8. The molecule has 6 unspecified atom stereocenters. The lowest BCUT2D eigenvalue weighted by Gasteiger charge is -2.28. The predicted octanol–water partition coefficient (Wildman–Crippen LogP) is 18.5. The molecule has 0 radical (unpaired) electrons. The highest BCUT2D eigenvalue weighted by molar-refractivity contribution is 9.10. The van der Waals surface area contributed by atoms with Crippen LogP contribution in [-0.2, 0) is 23.9 Å². The minimum atomic E-state index is -0.902. The minimum absolute atomic E-state index is 0.0454. The van der Waals surface area contributed by atoms with E-state index in [9.17, 15) is 33.9 Å². The van der Waals surface area contributed by atoms with Gasteiger partial charge < -0.3 is 43.9 Å². The van der Waals surface area contributed by atoms with Crippen molar-refractivity contribution in [3.63, 3.8) is 0 Å². The quantitative estimate of drug-likeness (QED) is 0.0406. The summed E-state index contributed by atoms with van der Waals surface area (Å²) in [7, 11) is 4.68. The van der Waals surface area contributed by atoms with Gasteiger partial charge in [0, 0.05) is 98.6 Å². The molecule has 6 aliphatic rings. The fourth-order valence-corrected chi connectivity index (χ4v) is 14.0. The summed E-state index contributed by atoms with van der Waals surface area (Å²) in [4.78, 5) is 77.8. The standard InChI is InChI=1S/C29H31NO4.C27H27NO4.C15H17N.C14H15BrO4/c1-4-34-29(32)25-16-24(25)28(31)23-13-12-20(15-27(23)33-3)30(17-19-10-11-19)26-14-9-18(2)21-7-5-6-8-22(21)26;1-16-7-12-24(20-6-4-3-5-19(16)20)28(15-17-8-9-17)18-10-11-21(25(13-18)32-2)26(29)22-14-23(22)27(30)31;1-11-6-9-15(16-10-12-7-8-12)14-5-3-2-4-13(11)14;1-3-19-14(17)11-7-10(11)13(16)9-5-4-8(15)6-12(9)18-2/h5-9,12-15,19,24-25H,4,10-11,16-17H2,1-3H3;3-7,10-13,17,22-23H,8-9,14-15H2,1-2H3,(H,30,31);2-6,9,12,16H,7-8,10H2,1H3;4-6,10-11H,3,7H2,1-2H3. The molecule has 0 aromatic heterocycles. The topological polar surface area (TPSA) is 187 Å². The summed E-state index contributed by atoms with van der Waals surface area (Å²) < 4.78 is 27.3. The summed E-state index contributed by atoms with van der Waals surface area (Å²) in [5.41, 5.74) is 10.9. The fourth-order valence-electron chi connectivity index (χ4n) is 13.6. The second kappa shape index (κ2) is 31.6. The molecule has 2 N–H and O–H groups in total. The number of benzene rings is 9. The Morgan fingerprint density at radius 3 is 1.20 bits per heavy atom. The molecule has 0 spiro atoms. The lowest BCUT2D eigenvalue weighted by molar-refractivity contribution is -0.145. The first-order valence-corrected chi connectivity index (χ1v) is 36.3. The number of carbonyl (C=O) groups excluding carboxylic acids is 5. The lowest BCUT2D eigenvalue weighted by atomic mass is 10.0. The van der Waals surface area contributed by atoms with E-state index in [0.717, 1.165) is 47.1 Å². The molecule has 0 amide bonds. The average Bonchev–Trinajstić information content (AvgIpc) is 1.27. The molecule has 0 bridgehead atoms. The first-order valence-electron chi connectivity index (χ1n) is 35.5. The number of methoxy groups -OCH3 is 3. The van der Waals surface area contributed by atoms with Gasteiger partial charge in [-0.3, -0.25) is 28.8 Å². The normalized spacial score (nSPS) is 18.9. The first kappa shape index (κ1) is 71.3. The zero-order chi connectivity index (χ0) is 71.2. The fraction of sp³-hybridized carbons (Fsp3) is 0.365. The van der Waals surface area contributed by atoms with Crippen LogP contribution >= 0.6 is 15.9 Å². The molecule has 9 aromatic rings. The van der Waals surface area contributed by atoms with E-state index in [1.165, 1.54) is 106 Å². The molecule has 101 heavy (non-hydrogen) atoms. The zero-order valence-corrected chi connectivity index (χ0v) is 60.5. The van der Waals surface area contributed by atoms with Gasteiger partial charge in [-0.05, 0) is 204 Å². The number of ether oxygens (including phenoxy) is 5. The van der Waals surface area contributed by atoms with Gasteiger partial charge in [-0.2, -0.15) is 0 Å². The van der Waals surface area contributed by atoms with Crippen LogP contribution in [0.2, 0.25) is 0 Å². The van der Waals surface area contributed by atoms with Crippen LogP contribution in [0, 0.1) is 74.0 Å². The second-order valence-electron chi connectivity index (χ2n) is 27.7. The maximum absolute atomic E-state index is 13.2. The van der Waals surface area contributed by atoms with Crippen LogP contribution in [0.1, 0.15) is 119 Å². The highest BCUT2D eigenvalue weighted by Crippen LogP contribution is 2.48. The van der Waals surface area contributed by atoms with Crippen LogP contribution in [-0.4, -0.2) is 94.5 Å². The van der Waals surface area contributed by atoms with E-state index in [2.05, 4.69) is 161 Å². The van der Waals surface area contributed by atoms with Gasteiger partial charge in [-0.25, -0.2) is 0 Å². The number of carbonyl (C=O) groups is 6. The van der Waals surface area contributed by atoms with E-state index in [1.54, 1.807) is 52.3 Å². The van der Waals surface area contributed by atoms with Gasteiger partial charge in [0.2, 0.25) is 0 Å². The molecule has 9 aromatic carbocycles. The molecule has 6 saturated carbocycles. The Bertz CT molecular complexity index is 4590. The molecule has 6 atom stereocenters. The number of nitrogens with one attached hydrogen (secondary N) is 1. The largest absolute Gasteiger partial charge is 0.496 e. The van der Waals surface area contributed by atoms with Gasteiger partial charge in [-0.1, -0.05) is 107 Å². The summed E-state index contributed by atoms with van der Waals surface area (Å²) in [6.45, 7) is 13.6. The predicted molar refractivity (Wildman–Crippen MR) is 402 cm³/mol. The summed E-state index contributed by atoms with van der Waals surface area (Å²) in [5.74, 6) is -0.115. The molecule has 524 valence electrons. The van der Waals surface area contributed by atoms with Crippen molar-refractivity contribution in [2.75, 3.05) is 69.3 Å². The van der Waals surface area contributed by atoms with Crippen LogP contribution in [0.4, 0.5) is 28.4 Å². The molecule has 6 aliphatic carbocycles. The van der Waals surface area contributed by atoms with Crippen molar-refractivity contribution in [3.05, 3.63) is 202 Å². The van der Waals surface area contributed by atoms with Gasteiger partial charge in [0.05, 0.1) is 69.0 Å². The number of aryl methyl sites for hydroxylation is 3. The smallest absolute Gasteiger partial charge is 0.309 e. The number of hydrogen-bond acceptors (Lipinski definition) is 14. The second-order valence-corrected chi connectivity index (χ2v) is 28.6. The van der Waals surface area contributed by atoms with Gasteiger partial charge in [0.1, 0.15) is 17.2 Å². The third-order valence-electron chi connectivity index (χ3n) is 20.3. The van der Waals surface area contributed by atoms with Gasteiger partial charge >= 0.3 is 17.9 Å². The van der Waals surface area contributed by atoms with Crippen molar-refractivity contribution < 1.29 is 57.6 Å². The van der Waals surface area contributed by atoms with Gasteiger partial charge in [-0.15, -0.1) is 0 Å². The van der Waals surface area contributed by atoms with Crippen molar-refractivity contribution in [3.8, 4) is 17.2 Å². The van der Waals surface area contributed by atoms with Crippen LogP contribution in [0.5, 0.6) is 17.2 Å². The summed E-state index contributed by atoms with van der Waals surface area (Å²) in [5, 5.41) is 20.4. The summed E-state index contributed by atoms with van der Waals surface area (Å²) in [6.07, 6.45) is 9.26. The maximum Gasteiger partial charge on any atom is 0.309 e. The number of fused-ring (bicyclic) bond motifs is 3. The third-order valence-corrected chi connectivity index (χ3v) is 20.8. The highest BCUT2D eigenvalue weighted by Gasteiger charge is 2.51. The Morgan fingerprint density at radius 1 is 0.436 bits per heavy atom. The first-order chi connectivity index (χ1) is 48.9. The van der Waals surface area contributed by atoms with E-state index in [-0.39, 0.29) is 53.0 Å². The van der Waals surface area contributed by atoms with Crippen molar-refractivity contribution >= 4 is 112 Å². The number of carboxylic acids is 1. The Morgan fingerprint density at radius 2 is 0.802 bits per heavy atom. The molecule has 0 aliphatic heterocycles. The van der Waals surface area contributed by atoms with E-state index >= 15 is 0 Å². The van der Waals surface area contributed by atoms with Gasteiger partial charge in [0.25, 0.3) is 0 Å². The number of nitrogens with zero attached hydrogens (tertiary/aromatic N) is 2. The Kier molecular flexibility index (Phi) is 22.3. The minimum Gasteiger partial charge on any atom is -0.496 e. The maximum atomic E-state index is 13.2. The molecule has 15 nitrogen and oxygen atoms in total. The lowest BCUT2D eigenvalue weighted by Crippen LogP contribution is -2.21. The number of rotatable bonds is 25. The number of aliphatic carboxylic acids is 1. The van der Waals surface area contributed by atoms with E-state index in [4.69, 9.17) is 23.7 Å².